The van der Waals surface area contributed by atoms with Gasteiger partial charge in [-0.3, -0.25) is 9.89 Å². The fourth-order valence-electron chi connectivity index (χ4n) is 2.10. The van der Waals surface area contributed by atoms with Gasteiger partial charge < -0.3 is 0 Å². The third-order valence-electron chi connectivity index (χ3n) is 2.92. The van der Waals surface area contributed by atoms with Crippen LogP contribution in [0.4, 0.5) is 8.78 Å². The maximum atomic E-state index is 13.9. The van der Waals surface area contributed by atoms with E-state index in [0.717, 1.165) is 6.07 Å². The van der Waals surface area contributed by atoms with Gasteiger partial charge in [-0.25, -0.2) is 18.3 Å². The van der Waals surface area contributed by atoms with Gasteiger partial charge in [0, 0.05) is 64.7 Å². The Morgan fingerprint density at radius 3 is 2.70 bits per heavy atom. The van der Waals surface area contributed by atoms with Gasteiger partial charge in [0.1, 0.15) is 11.6 Å². The summed E-state index contributed by atoms with van der Waals surface area (Å²) in [6.45, 7) is 1.70. The summed E-state index contributed by atoms with van der Waals surface area (Å²) >= 11 is 0. The Labute approximate surface area is 134 Å². The number of H-pyrrole nitrogens is 1. The Kier molecular flexibility index (Phi) is 4.08. The van der Waals surface area contributed by atoms with Crippen molar-refractivity contribution in [2.24, 2.45) is 0 Å². The number of nitrogens with zero attached hydrogens (tertiary/aromatic N) is 2. The Hall–Kier alpha value is -1.50. The average molecular weight is 284 g/mol. The molecule has 0 bridgehead atoms. The summed E-state index contributed by atoms with van der Waals surface area (Å²) in [7, 11) is 0. The van der Waals surface area contributed by atoms with Crippen molar-refractivity contribution >= 4 is 35.2 Å². The van der Waals surface area contributed by atoms with Gasteiger partial charge >= 0.3 is 0 Å². The molecule has 0 saturated heterocycles. The fraction of sp³-hybridized carbons (Fsp3) is 0.0769. The van der Waals surface area contributed by atoms with Crippen LogP contribution in [0.3, 0.4) is 0 Å². The van der Waals surface area contributed by atoms with E-state index in [9.17, 15) is 13.6 Å². The van der Waals surface area contributed by atoms with E-state index in [1.807, 2.05) is 0 Å². The van der Waals surface area contributed by atoms with Gasteiger partial charge in [0.2, 0.25) is 0 Å². The number of benzene rings is 1. The van der Waals surface area contributed by atoms with E-state index in [0.29, 0.717) is 16.9 Å². The van der Waals surface area contributed by atoms with Crippen molar-refractivity contribution in [2.75, 3.05) is 0 Å². The van der Waals surface area contributed by atoms with Gasteiger partial charge in [0.05, 0.1) is 0 Å². The topological polar surface area (TPSA) is 50.2 Å². The molecule has 2 aromatic heterocycles. The Balaban J connectivity index is 0.00000147. The smallest absolute Gasteiger partial charge is 0.272 e. The maximum absolute atomic E-state index is 13.9. The second kappa shape index (κ2) is 5.47. The zero-order chi connectivity index (χ0) is 13.6. The van der Waals surface area contributed by atoms with Crippen LogP contribution in [0.15, 0.2) is 35.3 Å². The van der Waals surface area contributed by atoms with Crippen molar-refractivity contribution in [2.45, 2.75) is 6.92 Å². The molecule has 0 aliphatic heterocycles. The zero-order valence-electron chi connectivity index (χ0n) is 10.9. The summed E-state index contributed by atoms with van der Waals surface area (Å²) in [4.78, 5) is 15.7. The number of hydrogen-bond acceptors (Lipinski definition) is 2. The van der Waals surface area contributed by atoms with E-state index in [1.54, 1.807) is 6.92 Å². The molecule has 7 heteroatoms. The molecule has 20 heavy (non-hydrogen) atoms. The number of hydrogen-bond donors (Lipinski definition) is 1. The third-order valence-corrected chi connectivity index (χ3v) is 2.92. The molecule has 4 nitrogen and oxygen atoms in total. The molecule has 1 aromatic carbocycles. The Morgan fingerprint density at radius 1 is 1.25 bits per heavy atom. The van der Waals surface area contributed by atoms with Crippen LogP contribution in [0.2, 0.25) is 0 Å². The number of aromatic nitrogens is 3. The van der Waals surface area contributed by atoms with Crippen molar-refractivity contribution in [3.8, 4) is 11.1 Å². The molecule has 0 amide bonds. The molecule has 0 aliphatic rings. The molecular weight excluding hydrogens is 275 g/mol. The molecule has 0 spiro atoms. The fourth-order valence-corrected chi connectivity index (χ4v) is 2.10. The molecule has 0 atom stereocenters. The number of nitrogens with one attached hydrogen (secondary N) is 1. The van der Waals surface area contributed by atoms with Crippen LogP contribution in [-0.4, -0.2) is 44.2 Å². The minimum atomic E-state index is -0.692. The normalized spacial score (nSPS) is 10.6. The molecule has 3 aromatic rings. The van der Waals surface area contributed by atoms with Crippen LogP contribution >= 0.6 is 0 Å². The largest absolute Gasteiger partial charge is 0.293 e. The van der Waals surface area contributed by atoms with Crippen molar-refractivity contribution in [1.82, 2.24) is 14.6 Å². The Morgan fingerprint density at radius 2 is 2.00 bits per heavy atom. The van der Waals surface area contributed by atoms with Crippen molar-refractivity contribution in [3.05, 3.63) is 58.1 Å². The molecule has 0 aliphatic carbocycles. The van der Waals surface area contributed by atoms with E-state index < -0.39 is 11.6 Å². The number of fused-ring (bicyclic) bond motifs is 1. The number of aromatic amines is 1. The summed E-state index contributed by atoms with van der Waals surface area (Å²) in [5.74, 6) is -1.34. The third kappa shape index (κ3) is 2.30. The number of rotatable bonds is 1. The molecule has 97 valence electrons. The first-order valence-corrected chi connectivity index (χ1v) is 5.59. The van der Waals surface area contributed by atoms with Crippen molar-refractivity contribution in [3.63, 3.8) is 0 Å². The minimum absolute atomic E-state index is 0. The van der Waals surface area contributed by atoms with Gasteiger partial charge in [-0.15, -0.1) is 0 Å². The average Bonchev–Trinajstić information content (AvgIpc) is 2.68. The molecule has 0 saturated carbocycles. The number of aryl methyl sites for hydroxylation is 1. The van der Waals surface area contributed by atoms with E-state index in [-0.39, 0.29) is 40.7 Å². The van der Waals surface area contributed by atoms with E-state index in [4.69, 9.17) is 0 Å². The first-order valence-electron chi connectivity index (χ1n) is 5.59. The minimum Gasteiger partial charge on any atom is -0.293 e. The van der Waals surface area contributed by atoms with Crippen LogP contribution in [0, 0.1) is 18.6 Å². The zero-order valence-corrected chi connectivity index (χ0v) is 12.9. The summed E-state index contributed by atoms with van der Waals surface area (Å²) in [5.41, 5.74) is 1.27. The molecule has 0 fully saturated rings. The van der Waals surface area contributed by atoms with Crippen LogP contribution in [-0.2, 0) is 0 Å². The quantitative estimate of drug-likeness (QED) is 0.694. The molecule has 3 rings (SSSR count). The SMILES string of the molecule is Cc1[nH]n2c(=O)ccnc2c1-c1ccc(F)cc1F.[Na]. The molecule has 1 radical (unpaired) electrons. The van der Waals surface area contributed by atoms with E-state index in [2.05, 4.69) is 10.1 Å². The Bertz CT molecular complexity index is 841. The number of halogens is 2. The first kappa shape index (κ1) is 14.9. The summed E-state index contributed by atoms with van der Waals surface area (Å²) in [5, 5.41) is 2.82. The monoisotopic (exact) mass is 284 g/mol. The maximum Gasteiger partial charge on any atom is 0.272 e. The summed E-state index contributed by atoms with van der Waals surface area (Å²) in [6, 6.07) is 4.61. The predicted octanol–water partition coefficient (Wildman–Crippen LogP) is 1.90. The van der Waals surface area contributed by atoms with E-state index >= 15 is 0 Å². The molecule has 1 N–H and O–H groups in total. The summed E-state index contributed by atoms with van der Waals surface area (Å²) in [6.07, 6.45) is 1.36. The van der Waals surface area contributed by atoms with Gasteiger partial charge in [0.15, 0.2) is 5.65 Å². The second-order valence-electron chi connectivity index (χ2n) is 4.18. The van der Waals surface area contributed by atoms with Crippen LogP contribution in [0.5, 0.6) is 0 Å². The van der Waals surface area contributed by atoms with Gasteiger partial charge in [-0.05, 0) is 19.1 Å². The molecule has 0 unspecified atom stereocenters. The standard InChI is InChI=1S/C13H9F2N3O.Na/c1-7-12(9-3-2-8(14)6-10(9)15)13-16-5-4-11(19)18(13)17-7;/h2-6,17H,1H3;. The molecular formula is C13H9F2N3NaO. The van der Waals surface area contributed by atoms with Crippen molar-refractivity contribution in [1.29, 1.82) is 0 Å². The van der Waals surface area contributed by atoms with Gasteiger partial charge in [-0.1, -0.05) is 0 Å². The second-order valence-corrected chi connectivity index (χ2v) is 4.18. The van der Waals surface area contributed by atoms with Crippen LogP contribution in [0.1, 0.15) is 5.69 Å². The van der Waals surface area contributed by atoms with Gasteiger partial charge in [0.25, 0.3) is 5.56 Å². The summed E-state index contributed by atoms with van der Waals surface area (Å²) < 4.78 is 28.0. The van der Waals surface area contributed by atoms with Crippen LogP contribution in [0.25, 0.3) is 16.8 Å². The first-order chi connectivity index (χ1) is 9.08. The van der Waals surface area contributed by atoms with Crippen molar-refractivity contribution < 1.29 is 8.78 Å². The predicted molar refractivity (Wildman–Crippen MR) is 71.7 cm³/mol. The van der Waals surface area contributed by atoms with Gasteiger partial charge in [-0.2, -0.15) is 0 Å². The van der Waals surface area contributed by atoms with E-state index in [1.165, 1.54) is 28.9 Å². The molecule has 2 heterocycles. The van der Waals surface area contributed by atoms with Crippen LogP contribution < -0.4 is 5.56 Å².